The maximum absolute atomic E-state index is 13.1. The normalized spacial score (nSPS) is 12.5. The molecule has 0 saturated carbocycles. The number of aromatic carboxylic acids is 1. The summed E-state index contributed by atoms with van der Waals surface area (Å²) in [6.45, 7) is 3.52. The molecule has 1 aromatic heterocycles. The first kappa shape index (κ1) is 23.1. The molecule has 2 N–H and O–H groups in total. The molecule has 34 heavy (non-hydrogen) atoms. The maximum atomic E-state index is 13.1. The van der Waals surface area contributed by atoms with Crippen LogP contribution in [0.4, 0.5) is 18.9 Å². The number of fused-ring (bicyclic) bond motifs is 1. The molecule has 174 valence electrons. The molecule has 0 amide bonds. The van der Waals surface area contributed by atoms with E-state index in [1.165, 1.54) is 6.07 Å². The minimum atomic E-state index is -4.67. The van der Waals surface area contributed by atoms with Crippen LogP contribution >= 0.6 is 0 Å². The SMILES string of the molecule is Cc1cc(C(C)Nc2ccc(C(F)(F)F)cc2C(=O)O)c2oc(-c3ccccc3)cc(=O)c2c1. The number of carboxylic acid groups (broad SMARTS) is 1. The van der Waals surface area contributed by atoms with Crippen molar-refractivity contribution in [3.8, 4) is 11.3 Å². The average Bonchev–Trinajstić information content (AvgIpc) is 2.79. The fraction of sp³-hybridized carbons (Fsp3) is 0.154. The lowest BCUT2D eigenvalue weighted by molar-refractivity contribution is -0.137. The second kappa shape index (κ2) is 8.70. The molecule has 0 spiro atoms. The number of halogens is 3. The van der Waals surface area contributed by atoms with Crippen molar-refractivity contribution in [1.82, 2.24) is 0 Å². The Morgan fingerprint density at radius 2 is 1.74 bits per heavy atom. The van der Waals surface area contributed by atoms with Gasteiger partial charge in [-0.3, -0.25) is 4.79 Å². The first-order valence-electron chi connectivity index (χ1n) is 10.4. The van der Waals surface area contributed by atoms with E-state index >= 15 is 0 Å². The molecule has 0 aliphatic carbocycles. The number of hydrogen-bond donors (Lipinski definition) is 2. The number of carboxylic acids is 1. The average molecular weight is 467 g/mol. The van der Waals surface area contributed by atoms with E-state index in [1.54, 1.807) is 38.1 Å². The summed E-state index contributed by atoms with van der Waals surface area (Å²) in [6.07, 6.45) is -4.67. The molecule has 0 bridgehead atoms. The van der Waals surface area contributed by atoms with E-state index in [2.05, 4.69) is 5.32 Å². The van der Waals surface area contributed by atoms with Crippen molar-refractivity contribution in [1.29, 1.82) is 0 Å². The molecule has 5 nitrogen and oxygen atoms in total. The number of hydrogen-bond acceptors (Lipinski definition) is 4. The number of anilines is 1. The smallest absolute Gasteiger partial charge is 0.416 e. The Hall–Kier alpha value is -4.07. The molecule has 3 aromatic carbocycles. The molecule has 1 unspecified atom stereocenters. The highest BCUT2D eigenvalue weighted by molar-refractivity contribution is 5.94. The number of nitrogens with one attached hydrogen (secondary N) is 1. The fourth-order valence-corrected chi connectivity index (χ4v) is 3.84. The standard InChI is InChI=1S/C26H20F3NO4/c1-14-10-18(15(2)30-21-9-8-17(26(27,28)29)12-19(21)25(32)33)24-20(11-14)22(31)13-23(34-24)16-6-4-3-5-7-16/h3-13,15,30H,1-2H3,(H,32,33). The third-order valence-electron chi connectivity index (χ3n) is 5.48. The van der Waals surface area contributed by atoms with Gasteiger partial charge in [0.05, 0.1) is 22.6 Å². The van der Waals surface area contributed by atoms with Crippen molar-refractivity contribution < 1.29 is 27.5 Å². The van der Waals surface area contributed by atoms with Gasteiger partial charge in [0.15, 0.2) is 5.43 Å². The molecule has 4 rings (SSSR count). The van der Waals surface area contributed by atoms with Gasteiger partial charge in [-0.05, 0) is 43.7 Å². The molecule has 1 heterocycles. The minimum Gasteiger partial charge on any atom is -0.478 e. The van der Waals surface area contributed by atoms with E-state index in [4.69, 9.17) is 4.42 Å². The van der Waals surface area contributed by atoms with Crippen molar-refractivity contribution in [2.45, 2.75) is 26.1 Å². The van der Waals surface area contributed by atoms with Gasteiger partial charge in [0, 0.05) is 22.9 Å². The lowest BCUT2D eigenvalue weighted by Gasteiger charge is -2.20. The van der Waals surface area contributed by atoms with Crippen molar-refractivity contribution in [3.63, 3.8) is 0 Å². The van der Waals surface area contributed by atoms with Gasteiger partial charge in [0.1, 0.15) is 11.3 Å². The maximum Gasteiger partial charge on any atom is 0.416 e. The van der Waals surface area contributed by atoms with E-state index < -0.39 is 29.3 Å². The van der Waals surface area contributed by atoms with Gasteiger partial charge in [0.2, 0.25) is 0 Å². The largest absolute Gasteiger partial charge is 0.478 e. The Balaban J connectivity index is 1.82. The van der Waals surface area contributed by atoms with E-state index in [0.717, 1.165) is 17.7 Å². The lowest BCUT2D eigenvalue weighted by atomic mass is 10.00. The second-order valence-corrected chi connectivity index (χ2v) is 8.00. The Morgan fingerprint density at radius 3 is 2.38 bits per heavy atom. The molecular weight excluding hydrogens is 447 g/mol. The first-order chi connectivity index (χ1) is 16.0. The summed E-state index contributed by atoms with van der Waals surface area (Å²) in [4.78, 5) is 24.5. The van der Waals surface area contributed by atoms with Crippen molar-refractivity contribution >= 4 is 22.6 Å². The monoisotopic (exact) mass is 467 g/mol. The third kappa shape index (κ3) is 4.52. The third-order valence-corrected chi connectivity index (χ3v) is 5.48. The van der Waals surface area contributed by atoms with Crippen molar-refractivity contribution in [2.24, 2.45) is 0 Å². The van der Waals surface area contributed by atoms with Gasteiger partial charge in [-0.2, -0.15) is 13.2 Å². The van der Waals surface area contributed by atoms with Crippen molar-refractivity contribution in [3.05, 3.63) is 99.2 Å². The van der Waals surface area contributed by atoms with E-state index in [9.17, 15) is 27.9 Å². The highest BCUT2D eigenvalue weighted by Crippen LogP contribution is 2.34. The van der Waals surface area contributed by atoms with Crippen LogP contribution in [0.2, 0.25) is 0 Å². The Labute approximate surface area is 192 Å². The molecule has 0 saturated heterocycles. The predicted octanol–water partition coefficient (Wildman–Crippen LogP) is 6.66. The summed E-state index contributed by atoms with van der Waals surface area (Å²) < 4.78 is 45.3. The topological polar surface area (TPSA) is 79.5 Å². The first-order valence-corrected chi connectivity index (χ1v) is 10.4. The summed E-state index contributed by atoms with van der Waals surface area (Å²) >= 11 is 0. The van der Waals surface area contributed by atoms with E-state index in [0.29, 0.717) is 33.9 Å². The molecule has 4 aromatic rings. The Bertz CT molecular complexity index is 1440. The lowest BCUT2D eigenvalue weighted by Crippen LogP contribution is -2.14. The highest BCUT2D eigenvalue weighted by atomic mass is 19.4. The van der Waals surface area contributed by atoms with Gasteiger partial charge in [-0.25, -0.2) is 4.79 Å². The van der Waals surface area contributed by atoms with Crippen LogP contribution in [0, 0.1) is 6.92 Å². The van der Waals surface area contributed by atoms with Gasteiger partial charge in [0.25, 0.3) is 0 Å². The quantitative estimate of drug-likeness (QED) is 0.343. The predicted molar refractivity (Wildman–Crippen MR) is 123 cm³/mol. The molecule has 8 heteroatoms. The van der Waals surface area contributed by atoms with Gasteiger partial charge in [-0.15, -0.1) is 0 Å². The summed E-state index contributed by atoms with van der Waals surface area (Å²) in [7, 11) is 0. The molecule has 1 atom stereocenters. The van der Waals surface area contributed by atoms with Crippen LogP contribution in [0.5, 0.6) is 0 Å². The molecule has 0 fully saturated rings. The summed E-state index contributed by atoms with van der Waals surface area (Å²) in [5, 5.41) is 12.8. The van der Waals surface area contributed by atoms with E-state index in [-0.39, 0.29) is 11.1 Å². The zero-order valence-electron chi connectivity index (χ0n) is 18.2. The Kier molecular flexibility index (Phi) is 5.91. The molecule has 0 aliphatic rings. The van der Waals surface area contributed by atoms with E-state index in [1.807, 2.05) is 18.2 Å². The number of alkyl halides is 3. The minimum absolute atomic E-state index is 0.0178. The van der Waals surface area contributed by atoms with Crippen LogP contribution in [0.15, 0.2) is 75.9 Å². The highest BCUT2D eigenvalue weighted by Gasteiger charge is 2.32. The van der Waals surface area contributed by atoms with Crippen LogP contribution in [-0.4, -0.2) is 11.1 Å². The second-order valence-electron chi connectivity index (χ2n) is 8.00. The van der Waals surface area contributed by atoms with Gasteiger partial charge in [-0.1, -0.05) is 36.4 Å². The summed E-state index contributed by atoms with van der Waals surface area (Å²) in [6, 6.07) is 15.9. The molecule has 0 aliphatic heterocycles. The van der Waals surface area contributed by atoms with Crippen LogP contribution < -0.4 is 10.7 Å². The van der Waals surface area contributed by atoms with Crippen LogP contribution in [0.25, 0.3) is 22.3 Å². The van der Waals surface area contributed by atoms with Crippen LogP contribution in [-0.2, 0) is 6.18 Å². The zero-order chi connectivity index (χ0) is 24.6. The Morgan fingerprint density at radius 1 is 1.03 bits per heavy atom. The number of carbonyl (C=O) groups is 1. The number of benzene rings is 3. The number of rotatable bonds is 5. The fourth-order valence-electron chi connectivity index (χ4n) is 3.84. The molecule has 0 radical (unpaired) electrons. The van der Waals surface area contributed by atoms with Gasteiger partial charge >= 0.3 is 12.1 Å². The summed E-state index contributed by atoms with van der Waals surface area (Å²) in [5.41, 5.74) is 0.600. The van der Waals surface area contributed by atoms with Crippen LogP contribution in [0.1, 0.15) is 40.0 Å². The number of aryl methyl sites for hydroxylation is 1. The van der Waals surface area contributed by atoms with Gasteiger partial charge < -0.3 is 14.8 Å². The molecular formula is C26H20F3NO4. The summed E-state index contributed by atoms with van der Waals surface area (Å²) in [5.74, 6) is -1.12. The zero-order valence-corrected chi connectivity index (χ0v) is 18.2. The van der Waals surface area contributed by atoms with Crippen LogP contribution in [0.3, 0.4) is 0 Å². The van der Waals surface area contributed by atoms with Crippen molar-refractivity contribution in [2.75, 3.05) is 5.32 Å².